The molecule has 0 aromatic heterocycles. The standard InChI is InChI=1S/C11H22N2O3/c1-10(3-8-16-2)13-6-4-12(5-7-13)9-11(14)15/h10H,3-9H2,1-2H3,(H,14,15). The van der Waals surface area contributed by atoms with Crippen LogP contribution in [0.4, 0.5) is 0 Å². The lowest BCUT2D eigenvalue weighted by Gasteiger charge is -2.37. The Bertz CT molecular complexity index is 215. The number of methoxy groups -OCH3 is 1. The molecule has 1 N–H and O–H groups in total. The fourth-order valence-electron chi connectivity index (χ4n) is 2.02. The van der Waals surface area contributed by atoms with Gasteiger partial charge in [0.2, 0.25) is 0 Å². The Kier molecular flexibility index (Phi) is 5.73. The first-order valence-electron chi connectivity index (χ1n) is 5.80. The summed E-state index contributed by atoms with van der Waals surface area (Å²) in [6.07, 6.45) is 1.04. The van der Waals surface area contributed by atoms with Gasteiger partial charge in [-0.25, -0.2) is 0 Å². The molecule has 94 valence electrons. The van der Waals surface area contributed by atoms with Gasteiger partial charge in [-0.05, 0) is 13.3 Å². The van der Waals surface area contributed by atoms with Crippen LogP contribution in [0.25, 0.3) is 0 Å². The van der Waals surface area contributed by atoms with Crippen molar-refractivity contribution in [1.82, 2.24) is 9.80 Å². The van der Waals surface area contributed by atoms with Gasteiger partial charge in [0, 0.05) is 45.9 Å². The largest absolute Gasteiger partial charge is 0.480 e. The normalized spacial score (nSPS) is 20.9. The first-order valence-corrected chi connectivity index (χ1v) is 5.80. The third-order valence-electron chi connectivity index (χ3n) is 3.13. The van der Waals surface area contributed by atoms with Crippen LogP contribution in [-0.2, 0) is 9.53 Å². The minimum Gasteiger partial charge on any atom is -0.480 e. The van der Waals surface area contributed by atoms with Crippen molar-refractivity contribution >= 4 is 5.97 Å². The number of hydrogen-bond acceptors (Lipinski definition) is 4. The third kappa shape index (κ3) is 4.47. The van der Waals surface area contributed by atoms with Crippen molar-refractivity contribution in [2.75, 3.05) is 46.4 Å². The van der Waals surface area contributed by atoms with Crippen molar-refractivity contribution in [3.05, 3.63) is 0 Å². The molecule has 0 amide bonds. The molecule has 5 heteroatoms. The van der Waals surface area contributed by atoms with Crippen LogP contribution in [-0.4, -0.2) is 73.4 Å². The van der Waals surface area contributed by atoms with Crippen LogP contribution in [0.3, 0.4) is 0 Å². The zero-order valence-corrected chi connectivity index (χ0v) is 10.2. The number of piperazine rings is 1. The summed E-state index contributed by atoms with van der Waals surface area (Å²) in [7, 11) is 1.72. The molecule has 1 rings (SSSR count). The number of ether oxygens (including phenoxy) is 1. The first-order chi connectivity index (χ1) is 7.63. The Morgan fingerprint density at radius 2 is 2.00 bits per heavy atom. The van der Waals surface area contributed by atoms with E-state index in [1.165, 1.54) is 0 Å². The SMILES string of the molecule is COCCC(C)N1CCN(CC(=O)O)CC1. The van der Waals surface area contributed by atoms with Gasteiger partial charge in [-0.15, -0.1) is 0 Å². The van der Waals surface area contributed by atoms with Crippen molar-refractivity contribution in [2.45, 2.75) is 19.4 Å². The van der Waals surface area contributed by atoms with Gasteiger partial charge in [0.05, 0.1) is 6.54 Å². The summed E-state index contributed by atoms with van der Waals surface area (Å²) in [5.41, 5.74) is 0. The molecule has 0 aromatic carbocycles. The number of carboxylic acids is 1. The van der Waals surface area contributed by atoms with Crippen molar-refractivity contribution < 1.29 is 14.6 Å². The van der Waals surface area contributed by atoms with E-state index in [9.17, 15) is 4.79 Å². The molecule has 1 saturated heterocycles. The predicted molar refractivity (Wildman–Crippen MR) is 61.6 cm³/mol. The van der Waals surface area contributed by atoms with Gasteiger partial charge in [0.1, 0.15) is 0 Å². The predicted octanol–water partition coefficient (Wildman–Crippen LogP) is 0.114. The van der Waals surface area contributed by atoms with E-state index >= 15 is 0 Å². The van der Waals surface area contributed by atoms with Gasteiger partial charge in [-0.2, -0.15) is 0 Å². The zero-order valence-electron chi connectivity index (χ0n) is 10.2. The number of hydrogen-bond donors (Lipinski definition) is 1. The number of nitrogens with zero attached hydrogens (tertiary/aromatic N) is 2. The fourth-order valence-corrected chi connectivity index (χ4v) is 2.02. The lowest BCUT2D eigenvalue weighted by molar-refractivity contribution is -0.138. The van der Waals surface area contributed by atoms with E-state index in [-0.39, 0.29) is 6.54 Å². The molecule has 0 radical (unpaired) electrons. The van der Waals surface area contributed by atoms with Crippen LogP contribution in [0, 0.1) is 0 Å². The van der Waals surface area contributed by atoms with E-state index in [4.69, 9.17) is 9.84 Å². The smallest absolute Gasteiger partial charge is 0.317 e. The van der Waals surface area contributed by atoms with E-state index in [1.807, 2.05) is 4.90 Å². The number of carbonyl (C=O) groups is 1. The molecule has 0 aromatic rings. The Morgan fingerprint density at radius 3 is 2.50 bits per heavy atom. The minimum atomic E-state index is -0.735. The van der Waals surface area contributed by atoms with E-state index < -0.39 is 5.97 Å². The minimum absolute atomic E-state index is 0.167. The molecular weight excluding hydrogens is 208 g/mol. The Balaban J connectivity index is 2.23. The summed E-state index contributed by atoms with van der Waals surface area (Å²) in [5, 5.41) is 8.69. The maximum atomic E-state index is 10.6. The second-order valence-corrected chi connectivity index (χ2v) is 4.34. The average molecular weight is 230 g/mol. The van der Waals surface area contributed by atoms with Crippen molar-refractivity contribution in [3.8, 4) is 0 Å². The maximum Gasteiger partial charge on any atom is 0.317 e. The van der Waals surface area contributed by atoms with Crippen molar-refractivity contribution in [1.29, 1.82) is 0 Å². The van der Waals surface area contributed by atoms with Crippen LogP contribution in [0.1, 0.15) is 13.3 Å². The number of carboxylic acid groups (broad SMARTS) is 1. The van der Waals surface area contributed by atoms with E-state index in [0.29, 0.717) is 6.04 Å². The molecule has 1 aliphatic rings. The summed E-state index contributed by atoms with van der Waals surface area (Å²) in [6.45, 7) is 6.77. The van der Waals surface area contributed by atoms with Crippen molar-refractivity contribution in [2.24, 2.45) is 0 Å². The fraction of sp³-hybridized carbons (Fsp3) is 0.909. The summed E-state index contributed by atoms with van der Waals surface area (Å²) in [6, 6.07) is 0.520. The third-order valence-corrected chi connectivity index (χ3v) is 3.13. The molecular formula is C11H22N2O3. The second kappa shape index (κ2) is 6.83. The molecule has 1 unspecified atom stereocenters. The molecule has 0 saturated carbocycles. The van der Waals surface area contributed by atoms with Gasteiger partial charge >= 0.3 is 5.97 Å². The lowest BCUT2D eigenvalue weighted by Crippen LogP contribution is -2.50. The van der Waals surface area contributed by atoms with Gasteiger partial charge < -0.3 is 9.84 Å². The van der Waals surface area contributed by atoms with Gasteiger partial charge in [-0.1, -0.05) is 0 Å². The van der Waals surface area contributed by atoms with Crippen LogP contribution in [0.15, 0.2) is 0 Å². The highest BCUT2D eigenvalue weighted by atomic mass is 16.5. The summed E-state index contributed by atoms with van der Waals surface area (Å²) in [4.78, 5) is 14.9. The molecule has 1 fully saturated rings. The molecule has 0 aliphatic carbocycles. The molecule has 1 atom stereocenters. The molecule has 16 heavy (non-hydrogen) atoms. The van der Waals surface area contributed by atoms with Gasteiger partial charge in [0.15, 0.2) is 0 Å². The Hall–Kier alpha value is -0.650. The first kappa shape index (κ1) is 13.4. The van der Waals surface area contributed by atoms with Crippen LogP contribution in [0.2, 0.25) is 0 Å². The summed E-state index contributed by atoms with van der Waals surface area (Å²) in [5.74, 6) is -0.735. The maximum absolute atomic E-state index is 10.6. The molecule has 0 spiro atoms. The summed E-state index contributed by atoms with van der Waals surface area (Å²) < 4.78 is 5.06. The zero-order chi connectivity index (χ0) is 12.0. The number of rotatable bonds is 6. The Labute approximate surface area is 97.0 Å². The van der Waals surface area contributed by atoms with Crippen LogP contribution in [0.5, 0.6) is 0 Å². The highest BCUT2D eigenvalue weighted by Crippen LogP contribution is 2.08. The monoisotopic (exact) mass is 230 g/mol. The lowest BCUT2D eigenvalue weighted by atomic mass is 10.2. The number of aliphatic carboxylic acids is 1. The Morgan fingerprint density at radius 1 is 1.38 bits per heavy atom. The van der Waals surface area contributed by atoms with Crippen LogP contribution >= 0.6 is 0 Å². The quantitative estimate of drug-likeness (QED) is 0.702. The average Bonchev–Trinajstić information content (AvgIpc) is 2.26. The highest BCUT2D eigenvalue weighted by molar-refractivity contribution is 5.69. The van der Waals surface area contributed by atoms with Crippen molar-refractivity contribution in [3.63, 3.8) is 0 Å². The van der Waals surface area contributed by atoms with E-state index in [1.54, 1.807) is 7.11 Å². The topological polar surface area (TPSA) is 53.0 Å². The van der Waals surface area contributed by atoms with Gasteiger partial charge in [-0.3, -0.25) is 14.6 Å². The van der Waals surface area contributed by atoms with E-state index in [0.717, 1.165) is 39.2 Å². The molecule has 1 heterocycles. The highest BCUT2D eigenvalue weighted by Gasteiger charge is 2.21. The van der Waals surface area contributed by atoms with Crippen LogP contribution < -0.4 is 0 Å². The second-order valence-electron chi connectivity index (χ2n) is 4.34. The summed E-state index contributed by atoms with van der Waals surface area (Å²) >= 11 is 0. The van der Waals surface area contributed by atoms with Gasteiger partial charge in [0.25, 0.3) is 0 Å². The molecule has 5 nitrogen and oxygen atoms in total. The molecule has 1 aliphatic heterocycles. The molecule has 0 bridgehead atoms. The van der Waals surface area contributed by atoms with E-state index in [2.05, 4.69) is 11.8 Å².